The molecule has 0 amide bonds. The average Bonchev–Trinajstić information content (AvgIpc) is 3.80. The molecule has 0 fully saturated rings. The number of hydrogen-bond acceptors (Lipinski definition) is 10. The number of aromatic nitrogens is 8. The van der Waals surface area contributed by atoms with E-state index in [1.807, 2.05) is 73.1 Å². The van der Waals surface area contributed by atoms with Crippen LogP contribution in [0.25, 0.3) is 75.6 Å². The van der Waals surface area contributed by atoms with E-state index in [-0.39, 0.29) is 0 Å². The van der Waals surface area contributed by atoms with Gasteiger partial charge in [-0.25, -0.2) is 0 Å². The van der Waals surface area contributed by atoms with Crippen molar-refractivity contribution in [3.63, 3.8) is 0 Å². The molecule has 0 unspecified atom stereocenters. The molecule has 2 aromatic carbocycles. The lowest BCUT2D eigenvalue weighted by molar-refractivity contribution is 1.10. The molecule has 0 N–H and O–H groups in total. The first-order valence-corrected chi connectivity index (χ1v) is 15.4. The van der Waals surface area contributed by atoms with E-state index in [9.17, 15) is 0 Å². The highest BCUT2D eigenvalue weighted by atomic mass is 32.1. The second-order valence-corrected chi connectivity index (χ2v) is 11.8. The van der Waals surface area contributed by atoms with E-state index in [0.717, 1.165) is 75.6 Å². The summed E-state index contributed by atoms with van der Waals surface area (Å²) in [5.41, 5.74) is 7.58. The van der Waals surface area contributed by atoms with Crippen LogP contribution in [0.3, 0.4) is 0 Å². The van der Waals surface area contributed by atoms with Crippen LogP contribution in [-0.4, -0.2) is 40.3 Å². The fourth-order valence-electron chi connectivity index (χ4n) is 5.04. The van der Waals surface area contributed by atoms with E-state index < -0.39 is 0 Å². The van der Waals surface area contributed by atoms with Gasteiger partial charge in [0.15, 0.2) is 0 Å². The minimum absolute atomic E-state index is 0.831. The highest BCUT2D eigenvalue weighted by Gasteiger charge is 2.17. The van der Waals surface area contributed by atoms with Gasteiger partial charge < -0.3 is 0 Å². The van der Waals surface area contributed by atoms with Gasteiger partial charge in [-0.2, -0.15) is 0 Å². The first kappa shape index (κ1) is 26.1. The molecule has 0 aliphatic carbocycles. The average molecular weight is 605 g/mol. The molecule has 208 valence electrons. The van der Waals surface area contributed by atoms with Crippen LogP contribution in [0, 0.1) is 0 Å². The van der Waals surface area contributed by atoms with Gasteiger partial charge in [-0.15, -0.1) is 20.4 Å². The Labute approximate surface area is 259 Å². The van der Waals surface area contributed by atoms with E-state index in [1.165, 1.54) is 0 Å². The smallest absolute Gasteiger partial charge is 0.148 e. The largest absolute Gasteiger partial charge is 0.264 e. The number of benzene rings is 2. The van der Waals surface area contributed by atoms with Gasteiger partial charge in [-0.3, -0.25) is 19.9 Å². The summed E-state index contributed by atoms with van der Waals surface area (Å²) in [4.78, 5) is 17.5. The maximum Gasteiger partial charge on any atom is 0.148 e. The predicted octanol–water partition coefficient (Wildman–Crippen LogP) is 8.12. The molecule has 0 radical (unpaired) electrons. The molecule has 8 rings (SSSR count). The van der Waals surface area contributed by atoms with Gasteiger partial charge in [0.05, 0.1) is 11.4 Å². The minimum atomic E-state index is 0.831. The number of hydrogen-bond donors (Lipinski definition) is 0. The fourth-order valence-corrected chi connectivity index (χ4v) is 6.80. The van der Waals surface area contributed by atoms with Crippen LogP contribution in [0.1, 0.15) is 0 Å². The Hall–Kier alpha value is -5.58. The van der Waals surface area contributed by atoms with Crippen molar-refractivity contribution < 1.29 is 0 Å². The summed E-state index contributed by atoms with van der Waals surface area (Å²) in [5.74, 6) is 0. The minimum Gasteiger partial charge on any atom is -0.264 e. The Morgan fingerprint density at radius 3 is 1.34 bits per heavy atom. The number of pyridine rings is 4. The molecule has 8 nitrogen and oxygen atoms in total. The van der Waals surface area contributed by atoms with Gasteiger partial charge in [-0.1, -0.05) is 59.1 Å². The summed E-state index contributed by atoms with van der Waals surface area (Å²) in [6.07, 6.45) is 10.7. The summed E-state index contributed by atoms with van der Waals surface area (Å²) in [6.45, 7) is 0. The monoisotopic (exact) mass is 604 g/mol. The van der Waals surface area contributed by atoms with Crippen molar-refractivity contribution in [1.82, 2.24) is 40.3 Å². The number of nitrogens with zero attached hydrogens (tertiary/aromatic N) is 8. The van der Waals surface area contributed by atoms with Crippen molar-refractivity contribution in [2.45, 2.75) is 0 Å². The first-order valence-electron chi connectivity index (χ1n) is 13.7. The molecule has 0 aliphatic rings. The zero-order valence-electron chi connectivity index (χ0n) is 22.9. The Morgan fingerprint density at radius 1 is 0.409 bits per heavy atom. The normalized spacial score (nSPS) is 11.2. The molecule has 6 aromatic heterocycles. The Bertz CT molecular complexity index is 2090. The third-order valence-electron chi connectivity index (χ3n) is 7.16. The molecule has 0 aliphatic heterocycles. The Balaban J connectivity index is 1.13. The summed E-state index contributed by atoms with van der Waals surface area (Å²) in [6, 6.07) is 28.3. The quantitative estimate of drug-likeness (QED) is 0.187. The SMILES string of the molecule is c1cncc(-c2cc(-c3nnc(-c4ccc(-c5nnc(-c6ccnc(-c7cccnc7)c6)s5)c5ccccc45)s3)ccn2)c1. The third-order valence-corrected chi connectivity index (χ3v) is 9.17. The molecule has 0 spiro atoms. The van der Waals surface area contributed by atoms with Gasteiger partial charge in [-0.05, 0) is 59.3 Å². The highest BCUT2D eigenvalue weighted by molar-refractivity contribution is 7.18. The lowest BCUT2D eigenvalue weighted by Crippen LogP contribution is -1.86. The lowest BCUT2D eigenvalue weighted by atomic mass is 10.00. The maximum atomic E-state index is 4.59. The molecule has 0 bridgehead atoms. The lowest BCUT2D eigenvalue weighted by Gasteiger charge is -2.07. The van der Waals surface area contributed by atoms with Crippen LogP contribution in [0.5, 0.6) is 0 Å². The van der Waals surface area contributed by atoms with Crippen LogP contribution >= 0.6 is 22.7 Å². The van der Waals surface area contributed by atoms with Crippen LogP contribution < -0.4 is 0 Å². The fraction of sp³-hybridized carbons (Fsp3) is 0. The highest BCUT2D eigenvalue weighted by Crippen LogP contribution is 2.40. The molecule has 44 heavy (non-hydrogen) atoms. The molecule has 0 atom stereocenters. The van der Waals surface area contributed by atoms with E-state index in [1.54, 1.807) is 47.5 Å². The summed E-state index contributed by atoms with van der Waals surface area (Å²) in [5, 5.41) is 23.8. The zero-order valence-corrected chi connectivity index (χ0v) is 24.6. The molecule has 0 saturated carbocycles. The van der Waals surface area contributed by atoms with Gasteiger partial charge in [0.25, 0.3) is 0 Å². The second-order valence-electron chi connectivity index (χ2n) is 9.87. The molecule has 6 heterocycles. The first-order chi connectivity index (χ1) is 21.8. The van der Waals surface area contributed by atoms with E-state index >= 15 is 0 Å². The number of rotatable bonds is 6. The maximum absolute atomic E-state index is 4.59. The van der Waals surface area contributed by atoms with Gasteiger partial charge >= 0.3 is 0 Å². The van der Waals surface area contributed by atoms with E-state index in [0.29, 0.717) is 0 Å². The molecule has 10 heteroatoms. The van der Waals surface area contributed by atoms with Crippen LogP contribution in [0.4, 0.5) is 0 Å². The van der Waals surface area contributed by atoms with Crippen LogP contribution in [0.15, 0.2) is 122 Å². The van der Waals surface area contributed by atoms with Crippen LogP contribution in [0.2, 0.25) is 0 Å². The molecular weight excluding hydrogens is 585 g/mol. The Kier molecular flexibility index (Phi) is 6.67. The van der Waals surface area contributed by atoms with Gasteiger partial charge in [0.1, 0.15) is 20.0 Å². The number of fused-ring (bicyclic) bond motifs is 1. The second kappa shape index (κ2) is 11.3. The van der Waals surface area contributed by atoms with Gasteiger partial charge in [0.2, 0.25) is 0 Å². The Morgan fingerprint density at radius 2 is 0.886 bits per heavy atom. The van der Waals surface area contributed by atoms with Crippen molar-refractivity contribution in [2.24, 2.45) is 0 Å². The molecule has 8 aromatic rings. The predicted molar refractivity (Wildman–Crippen MR) is 175 cm³/mol. The molecule has 0 saturated heterocycles. The van der Waals surface area contributed by atoms with Crippen molar-refractivity contribution in [3.05, 3.63) is 122 Å². The van der Waals surface area contributed by atoms with Crippen molar-refractivity contribution in [2.75, 3.05) is 0 Å². The summed E-state index contributed by atoms with van der Waals surface area (Å²) >= 11 is 3.12. The van der Waals surface area contributed by atoms with Crippen molar-refractivity contribution >= 4 is 33.4 Å². The van der Waals surface area contributed by atoms with E-state index in [4.69, 9.17) is 0 Å². The standard InChI is InChI=1S/C34H20N8S2/c1-2-8-26-25(7-1)27(33-41-39-31(43-33)21-11-15-37-29(17-21)23-5-3-13-35-19-23)9-10-28(26)34-42-40-32(44-34)22-12-16-38-30(18-22)24-6-4-14-36-20-24/h1-20H. The van der Waals surface area contributed by atoms with E-state index in [2.05, 4.69) is 64.6 Å². The summed E-state index contributed by atoms with van der Waals surface area (Å²) in [7, 11) is 0. The third kappa shape index (κ3) is 4.91. The van der Waals surface area contributed by atoms with Gasteiger partial charge in [0, 0.05) is 70.6 Å². The van der Waals surface area contributed by atoms with Crippen molar-refractivity contribution in [3.8, 4) is 64.8 Å². The van der Waals surface area contributed by atoms with Crippen molar-refractivity contribution in [1.29, 1.82) is 0 Å². The molecular formula is C34H20N8S2. The topological polar surface area (TPSA) is 103 Å². The zero-order chi connectivity index (χ0) is 29.3. The summed E-state index contributed by atoms with van der Waals surface area (Å²) < 4.78 is 0. The van der Waals surface area contributed by atoms with Crippen LogP contribution in [-0.2, 0) is 0 Å².